The number of aromatic nitrogens is 2. The summed E-state index contributed by atoms with van der Waals surface area (Å²) in [6, 6.07) is 18.7. The standard InChI is InChI=1S/C21H25N5/c1-15-5-7-17(8-6-15)14-22-20-13-21(24-16(2)23-20)25-18-9-11-19(12-10-18)26(3)4/h5-13H,14H2,1-4H3,(H2,22,23,24,25). The van der Waals surface area contributed by atoms with Gasteiger partial charge in [0, 0.05) is 38.1 Å². The van der Waals surface area contributed by atoms with Gasteiger partial charge in [-0.2, -0.15) is 0 Å². The van der Waals surface area contributed by atoms with E-state index in [1.807, 2.05) is 39.2 Å². The molecule has 0 saturated carbocycles. The predicted molar refractivity (Wildman–Crippen MR) is 109 cm³/mol. The summed E-state index contributed by atoms with van der Waals surface area (Å²) < 4.78 is 0. The summed E-state index contributed by atoms with van der Waals surface area (Å²) >= 11 is 0. The smallest absolute Gasteiger partial charge is 0.136 e. The maximum Gasteiger partial charge on any atom is 0.136 e. The van der Waals surface area contributed by atoms with E-state index in [4.69, 9.17) is 0 Å². The number of benzene rings is 2. The lowest BCUT2D eigenvalue weighted by molar-refractivity contribution is 1.02. The third kappa shape index (κ3) is 4.72. The van der Waals surface area contributed by atoms with E-state index in [-0.39, 0.29) is 0 Å². The Morgan fingerprint density at radius 3 is 2.15 bits per heavy atom. The highest BCUT2D eigenvalue weighted by Crippen LogP contribution is 2.21. The first-order valence-electron chi connectivity index (χ1n) is 8.69. The van der Waals surface area contributed by atoms with E-state index in [9.17, 15) is 0 Å². The van der Waals surface area contributed by atoms with Crippen molar-refractivity contribution in [3.8, 4) is 0 Å². The zero-order valence-corrected chi connectivity index (χ0v) is 15.7. The molecule has 1 heterocycles. The Kier molecular flexibility index (Phi) is 5.37. The molecule has 0 saturated heterocycles. The minimum absolute atomic E-state index is 0.728. The molecule has 0 unspecified atom stereocenters. The van der Waals surface area contributed by atoms with Crippen LogP contribution in [0.25, 0.3) is 0 Å². The van der Waals surface area contributed by atoms with Gasteiger partial charge in [0.25, 0.3) is 0 Å². The highest BCUT2D eigenvalue weighted by atomic mass is 15.1. The van der Waals surface area contributed by atoms with Crippen LogP contribution in [-0.2, 0) is 6.54 Å². The highest BCUT2D eigenvalue weighted by molar-refractivity contribution is 5.62. The summed E-state index contributed by atoms with van der Waals surface area (Å²) in [6.45, 7) is 4.72. The molecule has 2 N–H and O–H groups in total. The Labute approximate surface area is 155 Å². The van der Waals surface area contributed by atoms with Gasteiger partial charge in [0.05, 0.1) is 0 Å². The Morgan fingerprint density at radius 2 is 1.50 bits per heavy atom. The number of nitrogens with one attached hydrogen (secondary N) is 2. The monoisotopic (exact) mass is 347 g/mol. The van der Waals surface area contributed by atoms with E-state index in [2.05, 4.69) is 68.8 Å². The Morgan fingerprint density at radius 1 is 0.846 bits per heavy atom. The van der Waals surface area contributed by atoms with Crippen LogP contribution in [0.15, 0.2) is 54.6 Å². The maximum atomic E-state index is 4.48. The lowest BCUT2D eigenvalue weighted by Gasteiger charge is -2.14. The van der Waals surface area contributed by atoms with E-state index in [1.165, 1.54) is 11.1 Å². The summed E-state index contributed by atoms with van der Waals surface area (Å²) in [7, 11) is 4.06. The zero-order chi connectivity index (χ0) is 18.5. The molecule has 0 amide bonds. The molecule has 0 aliphatic rings. The van der Waals surface area contributed by atoms with Gasteiger partial charge in [0.2, 0.25) is 0 Å². The molecule has 0 aliphatic heterocycles. The van der Waals surface area contributed by atoms with Crippen LogP contribution in [0.4, 0.5) is 23.0 Å². The fraction of sp³-hybridized carbons (Fsp3) is 0.238. The van der Waals surface area contributed by atoms with Gasteiger partial charge in [0.15, 0.2) is 0 Å². The molecule has 0 atom stereocenters. The predicted octanol–water partition coefficient (Wildman–Crippen LogP) is 4.52. The van der Waals surface area contributed by atoms with Crippen molar-refractivity contribution in [2.75, 3.05) is 29.6 Å². The zero-order valence-electron chi connectivity index (χ0n) is 15.7. The first-order valence-corrected chi connectivity index (χ1v) is 8.69. The molecule has 0 radical (unpaired) electrons. The Hall–Kier alpha value is -3.08. The molecule has 0 fully saturated rings. The van der Waals surface area contributed by atoms with Crippen LogP contribution >= 0.6 is 0 Å². The van der Waals surface area contributed by atoms with Crippen molar-refractivity contribution in [1.82, 2.24) is 9.97 Å². The average Bonchev–Trinajstić information content (AvgIpc) is 2.61. The second kappa shape index (κ2) is 7.87. The van der Waals surface area contributed by atoms with Gasteiger partial charge in [-0.25, -0.2) is 9.97 Å². The van der Waals surface area contributed by atoms with Gasteiger partial charge in [-0.1, -0.05) is 29.8 Å². The number of hydrogen-bond donors (Lipinski definition) is 2. The molecule has 3 aromatic rings. The summed E-state index contributed by atoms with van der Waals surface area (Å²) in [6.07, 6.45) is 0. The van der Waals surface area contributed by atoms with Crippen LogP contribution in [0.1, 0.15) is 17.0 Å². The van der Waals surface area contributed by atoms with Crippen molar-refractivity contribution in [2.24, 2.45) is 0 Å². The fourth-order valence-electron chi connectivity index (χ4n) is 2.61. The molecule has 26 heavy (non-hydrogen) atoms. The summed E-state index contributed by atoms with van der Waals surface area (Å²) in [5.74, 6) is 2.32. The van der Waals surface area contributed by atoms with E-state index < -0.39 is 0 Å². The number of rotatable bonds is 6. The highest BCUT2D eigenvalue weighted by Gasteiger charge is 2.04. The minimum Gasteiger partial charge on any atom is -0.378 e. The molecular weight excluding hydrogens is 322 g/mol. The summed E-state index contributed by atoms with van der Waals surface area (Å²) in [4.78, 5) is 11.0. The number of hydrogen-bond acceptors (Lipinski definition) is 5. The van der Waals surface area contributed by atoms with Gasteiger partial charge in [-0.3, -0.25) is 0 Å². The van der Waals surface area contributed by atoms with Crippen molar-refractivity contribution in [2.45, 2.75) is 20.4 Å². The van der Waals surface area contributed by atoms with Gasteiger partial charge < -0.3 is 15.5 Å². The molecule has 1 aromatic heterocycles. The quantitative estimate of drug-likeness (QED) is 0.687. The topological polar surface area (TPSA) is 53.1 Å². The van der Waals surface area contributed by atoms with Crippen LogP contribution < -0.4 is 15.5 Å². The van der Waals surface area contributed by atoms with Crippen LogP contribution in [0, 0.1) is 13.8 Å². The molecule has 2 aromatic carbocycles. The van der Waals surface area contributed by atoms with Crippen LogP contribution in [0.5, 0.6) is 0 Å². The van der Waals surface area contributed by atoms with Crippen LogP contribution in [0.2, 0.25) is 0 Å². The van der Waals surface area contributed by atoms with Crippen molar-refractivity contribution >= 4 is 23.0 Å². The molecule has 0 spiro atoms. The van der Waals surface area contributed by atoms with Gasteiger partial charge in [0.1, 0.15) is 17.5 Å². The lowest BCUT2D eigenvalue weighted by atomic mass is 10.1. The van der Waals surface area contributed by atoms with Gasteiger partial charge in [-0.15, -0.1) is 0 Å². The second-order valence-corrected chi connectivity index (χ2v) is 6.59. The Bertz CT molecular complexity index is 855. The molecular formula is C21H25N5. The summed E-state index contributed by atoms with van der Waals surface area (Å²) in [5.41, 5.74) is 4.65. The van der Waals surface area contributed by atoms with Crippen molar-refractivity contribution < 1.29 is 0 Å². The van der Waals surface area contributed by atoms with Crippen LogP contribution in [-0.4, -0.2) is 24.1 Å². The van der Waals surface area contributed by atoms with E-state index in [0.717, 1.165) is 35.4 Å². The molecule has 5 heteroatoms. The third-order valence-corrected chi connectivity index (χ3v) is 4.09. The van der Waals surface area contributed by atoms with Crippen molar-refractivity contribution in [3.05, 3.63) is 71.5 Å². The lowest BCUT2D eigenvalue weighted by Crippen LogP contribution is -2.08. The van der Waals surface area contributed by atoms with Gasteiger partial charge in [-0.05, 0) is 43.7 Å². The fourth-order valence-corrected chi connectivity index (χ4v) is 2.61. The second-order valence-electron chi connectivity index (χ2n) is 6.59. The summed E-state index contributed by atoms with van der Waals surface area (Å²) in [5, 5.41) is 6.72. The maximum absolute atomic E-state index is 4.48. The molecule has 0 aliphatic carbocycles. The third-order valence-electron chi connectivity index (χ3n) is 4.09. The van der Waals surface area contributed by atoms with Crippen molar-refractivity contribution in [1.29, 1.82) is 0 Å². The normalized spacial score (nSPS) is 10.5. The Balaban J connectivity index is 1.69. The van der Waals surface area contributed by atoms with Crippen molar-refractivity contribution in [3.63, 3.8) is 0 Å². The number of anilines is 4. The first kappa shape index (κ1) is 17.7. The van der Waals surface area contributed by atoms with E-state index in [0.29, 0.717) is 0 Å². The van der Waals surface area contributed by atoms with E-state index >= 15 is 0 Å². The molecule has 3 rings (SSSR count). The molecule has 0 bridgehead atoms. The molecule has 134 valence electrons. The van der Waals surface area contributed by atoms with E-state index in [1.54, 1.807) is 0 Å². The molecule has 5 nitrogen and oxygen atoms in total. The SMILES string of the molecule is Cc1ccc(CNc2cc(Nc3ccc(N(C)C)cc3)nc(C)n2)cc1. The minimum atomic E-state index is 0.728. The van der Waals surface area contributed by atoms with Crippen LogP contribution in [0.3, 0.4) is 0 Å². The first-order chi connectivity index (χ1) is 12.5. The largest absolute Gasteiger partial charge is 0.378 e. The van der Waals surface area contributed by atoms with Gasteiger partial charge >= 0.3 is 0 Å². The number of nitrogens with zero attached hydrogens (tertiary/aromatic N) is 3. The number of aryl methyl sites for hydroxylation is 2. The average molecular weight is 347 g/mol.